The second kappa shape index (κ2) is 11.9. The molecule has 2 aromatic rings. The van der Waals surface area contributed by atoms with Crippen molar-refractivity contribution >= 4 is 44.7 Å². The zero-order valence-corrected chi connectivity index (χ0v) is 29.7. The van der Waals surface area contributed by atoms with Crippen LogP contribution in [-0.4, -0.2) is 91.1 Å². The zero-order valence-electron chi connectivity index (χ0n) is 28.9. The van der Waals surface area contributed by atoms with Crippen LogP contribution in [0.1, 0.15) is 80.9 Å². The second-order valence-corrected chi connectivity index (χ2v) is 16.6. The molecule has 6 aliphatic rings. The number of piperidine rings is 1. The molecule has 3 unspecified atom stereocenters. The van der Waals surface area contributed by atoms with Gasteiger partial charge in [-0.05, 0) is 78.9 Å². The fraction of sp³-hybridized carbons (Fsp3) is 0.514. The topological polar surface area (TPSA) is 138 Å². The van der Waals surface area contributed by atoms with Gasteiger partial charge in [-0.1, -0.05) is 37.5 Å². The molecule has 0 radical (unpaired) electrons. The minimum absolute atomic E-state index is 0.247. The van der Waals surface area contributed by atoms with Gasteiger partial charge in [0.05, 0.1) is 24.1 Å². The van der Waals surface area contributed by atoms with Crippen LogP contribution in [0.25, 0.3) is 10.9 Å². The molecule has 4 heterocycles. The molecule has 3 aliphatic heterocycles. The predicted molar refractivity (Wildman–Crippen MR) is 185 cm³/mol. The lowest BCUT2D eigenvalue weighted by molar-refractivity contribution is -0.170. The standard InChI is InChI=1S/C37H43N5O7S/c1-39(2)50(47,48)38-34(43)32-25-19-41-28(18-24-29(49-4)17-16-21(33(24)41)20-10-6-5-7-11-20)30-22(31(25)32)12-8-13-23(30)35(44)42-26-14-9-15-27(42)37(46)40(3)36(26)45/h8,12,16-18,20,23,26-27,30H,5-7,9-11,13-15,19H2,1-4H3,(H,38,43)/t23-,26?,27?,30?/m1/s1. The second-order valence-electron chi connectivity index (χ2n) is 14.7. The van der Waals surface area contributed by atoms with Gasteiger partial charge in [0.1, 0.15) is 17.8 Å². The van der Waals surface area contributed by atoms with Crippen LogP contribution in [0.4, 0.5) is 0 Å². The Bertz CT molecular complexity index is 2040. The summed E-state index contributed by atoms with van der Waals surface area (Å²) in [5, 5.41) is 0.929. The Balaban J connectivity index is 1.31. The normalized spacial score (nSPS) is 26.6. The Morgan fingerprint density at radius 1 is 0.980 bits per heavy atom. The molecule has 264 valence electrons. The Morgan fingerprint density at radius 2 is 1.68 bits per heavy atom. The molecule has 2 saturated heterocycles. The Morgan fingerprint density at radius 3 is 2.34 bits per heavy atom. The van der Waals surface area contributed by atoms with Crippen molar-refractivity contribution in [3.8, 4) is 5.75 Å². The van der Waals surface area contributed by atoms with Crippen LogP contribution >= 0.6 is 0 Å². The summed E-state index contributed by atoms with van der Waals surface area (Å²) in [5.74, 6) is -1.77. The largest absolute Gasteiger partial charge is 0.496 e. The number of piperazine rings is 1. The van der Waals surface area contributed by atoms with Gasteiger partial charge in [0.25, 0.3) is 17.7 Å². The van der Waals surface area contributed by atoms with Crippen molar-refractivity contribution in [2.45, 2.75) is 88.3 Å². The molecule has 3 fully saturated rings. The first kappa shape index (κ1) is 32.9. The van der Waals surface area contributed by atoms with Gasteiger partial charge >= 0.3 is 10.2 Å². The third-order valence-electron chi connectivity index (χ3n) is 11.8. The number of likely N-dealkylation sites (tertiary alicyclic amines) is 1. The number of benzene rings is 1. The minimum Gasteiger partial charge on any atom is -0.496 e. The van der Waals surface area contributed by atoms with Gasteiger partial charge in [-0.3, -0.25) is 24.1 Å². The fourth-order valence-corrected chi connectivity index (χ4v) is 9.83. The van der Waals surface area contributed by atoms with E-state index in [2.05, 4.69) is 21.4 Å². The SMILES string of the molecule is COc1ccc(C2CCCCC2)c2c1cc1n2CC2=C(C(=O)NS(=O)(=O)N(C)C)C2=C2C=CC[C@@H](C(=O)N3C4CCCC3C(=O)N(C)C4=O)C21. The summed E-state index contributed by atoms with van der Waals surface area (Å²) in [6.45, 7) is 0.331. The summed E-state index contributed by atoms with van der Waals surface area (Å²) in [7, 11) is 1.81. The van der Waals surface area contributed by atoms with E-state index < -0.39 is 40.0 Å². The molecule has 8 rings (SSSR count). The number of methoxy groups -OCH3 is 1. The highest BCUT2D eigenvalue weighted by atomic mass is 32.2. The van der Waals surface area contributed by atoms with E-state index in [1.807, 2.05) is 18.2 Å². The summed E-state index contributed by atoms with van der Waals surface area (Å²) in [6.07, 6.45) is 11.6. The molecule has 1 N–H and O–H groups in total. The Hall–Kier alpha value is -4.23. The molecule has 4 atom stereocenters. The smallest absolute Gasteiger partial charge is 0.303 e. The van der Waals surface area contributed by atoms with Crippen LogP contribution in [0.15, 0.2) is 52.6 Å². The molecule has 1 saturated carbocycles. The number of nitrogens with zero attached hydrogens (tertiary/aromatic N) is 4. The number of carbonyl (C=O) groups is 4. The van der Waals surface area contributed by atoms with Gasteiger partial charge in [-0.15, -0.1) is 0 Å². The zero-order chi connectivity index (χ0) is 35.2. The number of rotatable bonds is 6. The molecule has 2 bridgehead atoms. The maximum atomic E-state index is 14.9. The first-order valence-electron chi connectivity index (χ1n) is 17.7. The number of aromatic nitrogens is 1. The van der Waals surface area contributed by atoms with Gasteiger partial charge in [0.2, 0.25) is 5.91 Å². The van der Waals surface area contributed by atoms with Gasteiger partial charge in [-0.2, -0.15) is 12.7 Å². The van der Waals surface area contributed by atoms with E-state index in [9.17, 15) is 27.6 Å². The number of likely N-dealkylation sites (N-methyl/N-ethyl adjacent to an activating group) is 1. The van der Waals surface area contributed by atoms with Crippen molar-refractivity contribution in [2.24, 2.45) is 5.92 Å². The molecule has 0 spiro atoms. The molecule has 50 heavy (non-hydrogen) atoms. The highest BCUT2D eigenvalue weighted by molar-refractivity contribution is 7.87. The first-order chi connectivity index (χ1) is 23.9. The average Bonchev–Trinajstić information content (AvgIpc) is 3.75. The highest BCUT2D eigenvalue weighted by Crippen LogP contribution is 2.55. The van der Waals surface area contributed by atoms with E-state index in [1.165, 1.54) is 38.0 Å². The number of ether oxygens (including phenoxy) is 1. The van der Waals surface area contributed by atoms with Crippen LogP contribution in [0, 0.1) is 5.92 Å². The third-order valence-corrected chi connectivity index (χ3v) is 13.3. The lowest BCUT2D eigenvalue weighted by atomic mass is 9.75. The van der Waals surface area contributed by atoms with E-state index in [-0.39, 0.29) is 17.7 Å². The van der Waals surface area contributed by atoms with E-state index in [0.717, 1.165) is 57.7 Å². The van der Waals surface area contributed by atoms with Crippen molar-refractivity contribution in [3.63, 3.8) is 0 Å². The number of hydrogen-bond donors (Lipinski definition) is 1. The van der Waals surface area contributed by atoms with Gasteiger partial charge in [-0.25, -0.2) is 4.72 Å². The van der Waals surface area contributed by atoms with Crippen molar-refractivity contribution in [3.05, 3.63) is 63.9 Å². The van der Waals surface area contributed by atoms with Gasteiger partial charge in [0.15, 0.2) is 0 Å². The number of nitrogens with one attached hydrogen (secondary N) is 1. The summed E-state index contributed by atoms with van der Waals surface area (Å²) < 4.78 is 36.8. The van der Waals surface area contributed by atoms with Gasteiger partial charge < -0.3 is 14.2 Å². The van der Waals surface area contributed by atoms with Crippen molar-refractivity contribution in [1.82, 2.24) is 23.4 Å². The van der Waals surface area contributed by atoms with E-state index >= 15 is 0 Å². The number of amides is 4. The van der Waals surface area contributed by atoms with Crippen molar-refractivity contribution < 1.29 is 32.3 Å². The monoisotopic (exact) mass is 701 g/mol. The average molecular weight is 702 g/mol. The number of carbonyl (C=O) groups excluding carboxylic acids is 4. The first-order valence-corrected chi connectivity index (χ1v) is 19.1. The summed E-state index contributed by atoms with van der Waals surface area (Å²) >= 11 is 0. The van der Waals surface area contributed by atoms with E-state index in [1.54, 1.807) is 12.0 Å². The minimum atomic E-state index is -4.05. The third kappa shape index (κ3) is 4.90. The van der Waals surface area contributed by atoms with Crippen LogP contribution in [0.5, 0.6) is 5.75 Å². The number of imide groups is 1. The predicted octanol–water partition coefficient (Wildman–Crippen LogP) is 3.65. The quantitative estimate of drug-likeness (QED) is 0.454. The molecule has 3 aliphatic carbocycles. The number of allylic oxidation sites excluding steroid dienone is 4. The van der Waals surface area contributed by atoms with E-state index in [0.29, 0.717) is 55.0 Å². The van der Waals surface area contributed by atoms with Crippen molar-refractivity contribution in [2.75, 3.05) is 28.3 Å². The molecular formula is C37H43N5O7S. The van der Waals surface area contributed by atoms with Crippen LogP contribution < -0.4 is 9.46 Å². The lowest BCUT2D eigenvalue weighted by Crippen LogP contribution is -2.68. The van der Waals surface area contributed by atoms with Crippen molar-refractivity contribution in [1.29, 1.82) is 0 Å². The fourth-order valence-electron chi connectivity index (χ4n) is 9.31. The van der Waals surface area contributed by atoms with Crippen LogP contribution in [0.3, 0.4) is 0 Å². The number of fused-ring (bicyclic) bond motifs is 8. The maximum Gasteiger partial charge on any atom is 0.303 e. The Labute approximate surface area is 291 Å². The van der Waals surface area contributed by atoms with E-state index in [4.69, 9.17) is 4.74 Å². The molecule has 12 nitrogen and oxygen atoms in total. The molecule has 1 aromatic heterocycles. The number of hydrogen-bond acceptors (Lipinski definition) is 7. The lowest BCUT2D eigenvalue weighted by Gasteiger charge is -2.48. The summed E-state index contributed by atoms with van der Waals surface area (Å²) in [4.78, 5) is 58.1. The van der Waals surface area contributed by atoms with Gasteiger partial charge in [0, 0.05) is 44.7 Å². The molecule has 13 heteroatoms. The molecule has 4 amide bonds. The Kier molecular flexibility index (Phi) is 7.86. The summed E-state index contributed by atoms with van der Waals surface area (Å²) in [5.41, 5.74) is 5.64. The molecular weight excluding hydrogens is 659 g/mol. The summed E-state index contributed by atoms with van der Waals surface area (Å²) in [6, 6.07) is 4.88. The van der Waals surface area contributed by atoms with Crippen LogP contribution in [-0.2, 0) is 35.9 Å². The van der Waals surface area contributed by atoms with Crippen LogP contribution in [0.2, 0.25) is 0 Å². The molecule has 1 aromatic carbocycles. The highest BCUT2D eigenvalue weighted by Gasteiger charge is 2.53. The maximum absolute atomic E-state index is 14.9.